The van der Waals surface area contributed by atoms with Crippen molar-refractivity contribution in [3.63, 3.8) is 0 Å². The summed E-state index contributed by atoms with van der Waals surface area (Å²) in [5.41, 5.74) is 1.41. The highest BCUT2D eigenvalue weighted by molar-refractivity contribution is 6.13. The lowest BCUT2D eigenvalue weighted by Gasteiger charge is -2.25. The van der Waals surface area contributed by atoms with Crippen molar-refractivity contribution in [3.8, 4) is 11.5 Å². The SMILES string of the molecule is C=C(C=O)/C=C(\C=NC)C(=O)N(C)[C@@H](C)CCCc1nc2c3cc(F)cc(F)c3nc(NCc3ccc(OC)cc3OC)n2n1. The number of nitrogens with one attached hydrogen (secondary N) is 1. The molecule has 236 valence electrons. The number of aliphatic imine (C=N–C) groups is 1. The minimum atomic E-state index is -0.818. The first-order valence-electron chi connectivity index (χ1n) is 14.1. The normalized spacial score (nSPS) is 12.5. The molecule has 45 heavy (non-hydrogen) atoms. The Morgan fingerprint density at radius 2 is 1.98 bits per heavy atom. The number of allylic oxidation sites excluding steroid dienone is 2. The molecule has 2 aromatic heterocycles. The zero-order valence-corrected chi connectivity index (χ0v) is 25.8. The van der Waals surface area contributed by atoms with Crippen molar-refractivity contribution < 1.29 is 27.8 Å². The van der Waals surface area contributed by atoms with E-state index in [2.05, 4.69) is 32.0 Å². The topological polar surface area (TPSA) is 123 Å². The number of benzene rings is 2. The Labute approximate surface area is 259 Å². The Kier molecular flexibility index (Phi) is 10.6. The molecule has 0 aliphatic heterocycles. The van der Waals surface area contributed by atoms with E-state index >= 15 is 0 Å². The number of hydrogen-bond donors (Lipinski definition) is 1. The molecule has 0 aliphatic carbocycles. The molecule has 0 saturated carbocycles. The summed E-state index contributed by atoms with van der Waals surface area (Å²) in [5.74, 6) is 0.00852. The average molecular weight is 620 g/mol. The molecule has 2 aromatic carbocycles. The van der Waals surface area contributed by atoms with Crippen LogP contribution in [0.2, 0.25) is 0 Å². The second kappa shape index (κ2) is 14.5. The number of aryl methyl sites for hydroxylation is 1. The van der Waals surface area contributed by atoms with Crippen LogP contribution < -0.4 is 14.8 Å². The van der Waals surface area contributed by atoms with E-state index in [1.807, 2.05) is 13.0 Å². The highest BCUT2D eigenvalue weighted by Gasteiger charge is 2.21. The third-order valence-electron chi connectivity index (χ3n) is 7.28. The number of methoxy groups -OCH3 is 2. The fraction of sp³-hybridized carbons (Fsp3) is 0.312. The lowest BCUT2D eigenvalue weighted by molar-refractivity contribution is -0.127. The molecule has 0 spiro atoms. The standard InChI is InChI=1S/C32H35F2N7O4/c1-19(18-42)12-22(16-35-3)31(43)40(4)20(2)8-7-9-28-37-30-25-13-23(33)14-26(34)29(25)38-32(41(30)39-28)36-17-21-10-11-24(44-5)15-27(21)45-6/h10-16,18,20H,1,7-9,17H2,2-6H3,(H,36,38)/b22-12+,35-16?/t20-/m0/s1. The van der Waals surface area contributed by atoms with Crippen molar-refractivity contribution in [2.24, 2.45) is 4.99 Å². The molecule has 1 atom stereocenters. The van der Waals surface area contributed by atoms with Crippen LogP contribution in [0.4, 0.5) is 14.7 Å². The van der Waals surface area contributed by atoms with Crippen LogP contribution in [0, 0.1) is 11.6 Å². The van der Waals surface area contributed by atoms with Crippen LogP contribution in [0.3, 0.4) is 0 Å². The molecule has 13 heteroatoms. The molecule has 0 radical (unpaired) electrons. The number of likely N-dealkylation sites (N-methyl/N-ethyl adjacent to an activating group) is 1. The van der Waals surface area contributed by atoms with Crippen LogP contribution in [-0.4, -0.2) is 77.2 Å². The number of fused-ring (bicyclic) bond motifs is 3. The summed E-state index contributed by atoms with van der Waals surface area (Å²) < 4.78 is 41.3. The van der Waals surface area contributed by atoms with Gasteiger partial charge in [0.2, 0.25) is 5.95 Å². The van der Waals surface area contributed by atoms with Gasteiger partial charge in [0.1, 0.15) is 29.1 Å². The molecule has 0 bridgehead atoms. The van der Waals surface area contributed by atoms with Gasteiger partial charge in [0, 0.05) is 62.6 Å². The van der Waals surface area contributed by atoms with Crippen LogP contribution in [0.1, 0.15) is 31.2 Å². The summed E-state index contributed by atoms with van der Waals surface area (Å²) in [6.07, 6.45) is 5.00. The number of carbonyl (C=O) groups excluding carboxylic acids is 2. The predicted molar refractivity (Wildman–Crippen MR) is 168 cm³/mol. The van der Waals surface area contributed by atoms with Gasteiger partial charge in [-0.05, 0) is 44.0 Å². The van der Waals surface area contributed by atoms with Crippen molar-refractivity contribution in [3.05, 3.63) is 77.2 Å². The summed E-state index contributed by atoms with van der Waals surface area (Å²) in [7, 11) is 6.32. The number of halogens is 2. The van der Waals surface area contributed by atoms with Gasteiger partial charge >= 0.3 is 0 Å². The van der Waals surface area contributed by atoms with Crippen molar-refractivity contribution in [2.45, 2.75) is 38.8 Å². The van der Waals surface area contributed by atoms with Crippen molar-refractivity contribution >= 4 is 40.9 Å². The molecule has 11 nitrogen and oxygen atoms in total. The van der Waals surface area contributed by atoms with Gasteiger partial charge in [-0.2, -0.15) is 4.52 Å². The summed E-state index contributed by atoms with van der Waals surface area (Å²) in [5, 5.41) is 7.98. The minimum absolute atomic E-state index is 0.0439. The number of carbonyl (C=O) groups is 2. The Balaban J connectivity index is 1.56. The van der Waals surface area contributed by atoms with E-state index in [4.69, 9.17) is 9.47 Å². The molecule has 0 unspecified atom stereocenters. The van der Waals surface area contributed by atoms with Gasteiger partial charge in [0.25, 0.3) is 5.91 Å². The maximum absolute atomic E-state index is 14.9. The van der Waals surface area contributed by atoms with E-state index in [1.165, 1.54) is 29.9 Å². The second-order valence-electron chi connectivity index (χ2n) is 10.4. The average Bonchev–Trinajstić information content (AvgIpc) is 3.47. The van der Waals surface area contributed by atoms with E-state index in [-0.39, 0.29) is 52.1 Å². The lowest BCUT2D eigenvalue weighted by atomic mass is 10.1. The van der Waals surface area contributed by atoms with Crippen LogP contribution in [-0.2, 0) is 22.6 Å². The summed E-state index contributed by atoms with van der Waals surface area (Å²) >= 11 is 0. The zero-order chi connectivity index (χ0) is 32.7. The molecule has 0 aliphatic rings. The van der Waals surface area contributed by atoms with Gasteiger partial charge in [0.15, 0.2) is 17.3 Å². The van der Waals surface area contributed by atoms with E-state index < -0.39 is 11.6 Å². The Hall–Kier alpha value is -5.20. The summed E-state index contributed by atoms with van der Waals surface area (Å²) in [6.45, 7) is 5.77. The van der Waals surface area contributed by atoms with E-state index in [9.17, 15) is 18.4 Å². The molecule has 4 aromatic rings. The van der Waals surface area contributed by atoms with Gasteiger partial charge < -0.3 is 19.7 Å². The van der Waals surface area contributed by atoms with E-state index in [0.29, 0.717) is 42.9 Å². The Morgan fingerprint density at radius 1 is 1.20 bits per heavy atom. The quantitative estimate of drug-likeness (QED) is 0.0930. The Morgan fingerprint density at radius 3 is 2.67 bits per heavy atom. The number of amides is 1. The summed E-state index contributed by atoms with van der Waals surface area (Å²) in [4.78, 5) is 38.5. The third kappa shape index (κ3) is 7.48. The molecule has 0 fully saturated rings. The molecule has 1 amide bonds. The first-order chi connectivity index (χ1) is 21.6. The maximum atomic E-state index is 14.9. The van der Waals surface area contributed by atoms with Crippen molar-refractivity contribution in [1.82, 2.24) is 24.5 Å². The van der Waals surface area contributed by atoms with Crippen LogP contribution in [0.15, 0.2) is 59.1 Å². The van der Waals surface area contributed by atoms with Crippen LogP contribution in [0.5, 0.6) is 11.5 Å². The van der Waals surface area contributed by atoms with E-state index in [1.54, 1.807) is 38.3 Å². The lowest BCUT2D eigenvalue weighted by Crippen LogP contribution is -2.36. The van der Waals surface area contributed by atoms with Gasteiger partial charge in [-0.3, -0.25) is 14.6 Å². The number of rotatable bonds is 14. The number of anilines is 1. The summed E-state index contributed by atoms with van der Waals surface area (Å²) in [6, 6.07) is 7.17. The highest BCUT2D eigenvalue weighted by atomic mass is 19.1. The van der Waals surface area contributed by atoms with Crippen LogP contribution in [0.25, 0.3) is 16.6 Å². The fourth-order valence-corrected chi connectivity index (χ4v) is 4.75. The van der Waals surface area contributed by atoms with E-state index in [0.717, 1.165) is 11.6 Å². The van der Waals surface area contributed by atoms with Gasteiger partial charge in [-0.1, -0.05) is 6.58 Å². The zero-order valence-electron chi connectivity index (χ0n) is 25.8. The monoisotopic (exact) mass is 619 g/mol. The first kappa shape index (κ1) is 32.7. The molecular formula is C32H35F2N7O4. The van der Waals surface area contributed by atoms with Crippen molar-refractivity contribution in [2.75, 3.05) is 33.6 Å². The number of nitrogens with zero attached hydrogens (tertiary/aromatic N) is 6. The molecule has 2 heterocycles. The highest BCUT2D eigenvalue weighted by Crippen LogP contribution is 2.28. The largest absolute Gasteiger partial charge is 0.497 e. The number of aromatic nitrogens is 4. The smallest absolute Gasteiger partial charge is 0.255 e. The predicted octanol–water partition coefficient (Wildman–Crippen LogP) is 4.74. The number of ether oxygens (including phenoxy) is 2. The minimum Gasteiger partial charge on any atom is -0.497 e. The van der Waals surface area contributed by atoms with Gasteiger partial charge in [-0.25, -0.2) is 18.7 Å². The third-order valence-corrected chi connectivity index (χ3v) is 7.28. The fourth-order valence-electron chi connectivity index (χ4n) is 4.75. The van der Waals surface area contributed by atoms with Crippen LogP contribution >= 0.6 is 0 Å². The molecule has 0 saturated heterocycles. The molecule has 4 rings (SSSR count). The Bertz CT molecular complexity index is 1800. The number of hydrogen-bond acceptors (Lipinski definition) is 9. The number of aldehydes is 1. The molecular weight excluding hydrogens is 584 g/mol. The van der Waals surface area contributed by atoms with Crippen molar-refractivity contribution in [1.29, 1.82) is 0 Å². The van der Waals surface area contributed by atoms with Gasteiger partial charge in [0.05, 0.1) is 25.2 Å². The second-order valence-corrected chi connectivity index (χ2v) is 10.4. The first-order valence-corrected chi connectivity index (χ1v) is 14.1. The maximum Gasteiger partial charge on any atom is 0.255 e. The molecule has 1 N–H and O–H groups in total. The van der Waals surface area contributed by atoms with Gasteiger partial charge in [-0.15, -0.1) is 5.10 Å².